The Morgan fingerprint density at radius 3 is 1.42 bits per heavy atom. The molecule has 0 amide bonds. The fraction of sp³-hybridized carbons (Fsp3) is 0.724. The fourth-order valence-corrected chi connectivity index (χ4v) is 16.5. The molecule has 2 aromatic rings. The van der Waals surface area contributed by atoms with E-state index in [0.29, 0.717) is 0 Å². The second-order valence-corrected chi connectivity index (χ2v) is 26.1. The lowest BCUT2D eigenvalue weighted by Gasteiger charge is -2.33. The van der Waals surface area contributed by atoms with Gasteiger partial charge in [-0.05, 0) is 50.3 Å². The van der Waals surface area contributed by atoms with Crippen molar-refractivity contribution in [2.45, 2.75) is 96.8 Å². The van der Waals surface area contributed by atoms with E-state index in [9.17, 15) is 0 Å². The van der Waals surface area contributed by atoms with E-state index in [1.54, 1.807) is 0 Å². The first-order valence-corrected chi connectivity index (χ1v) is 22.8. The lowest BCUT2D eigenvalue weighted by molar-refractivity contribution is 0.154. The molecule has 0 atom stereocenters. The predicted molar refractivity (Wildman–Crippen MR) is 165 cm³/mol. The Morgan fingerprint density at radius 2 is 1.03 bits per heavy atom. The summed E-state index contributed by atoms with van der Waals surface area (Å²) in [6, 6.07) is 18.2. The molecule has 0 spiro atoms. The van der Waals surface area contributed by atoms with Crippen molar-refractivity contribution in [2.75, 3.05) is 39.8 Å². The zero-order valence-corrected chi connectivity index (χ0v) is 27.7. The summed E-state index contributed by atoms with van der Waals surface area (Å²) in [5, 5.41) is 5.16. The highest BCUT2D eigenvalue weighted by Crippen LogP contribution is 2.24. The first-order chi connectivity index (χ1) is 17.3. The molecule has 0 N–H and O–H groups in total. The lowest BCUT2D eigenvalue weighted by atomic mass is 10.3. The van der Waals surface area contributed by atoms with Gasteiger partial charge in [0.15, 0.2) is 0 Å². The van der Waals surface area contributed by atoms with Crippen LogP contribution in [0.25, 0.3) is 0 Å². The van der Waals surface area contributed by atoms with Crippen molar-refractivity contribution < 1.29 is 8.83 Å². The minimum atomic E-state index is -2.12. The van der Waals surface area contributed by atoms with Gasteiger partial charge in [-0.25, -0.2) is 0 Å². The van der Waals surface area contributed by atoms with Gasteiger partial charge in [-0.1, -0.05) is 84.4 Å². The van der Waals surface area contributed by atoms with E-state index in [4.69, 9.17) is 8.83 Å². The summed E-state index contributed by atoms with van der Waals surface area (Å²) in [5.41, 5.74) is 0. The van der Waals surface area contributed by atoms with E-state index >= 15 is 0 Å². The van der Waals surface area contributed by atoms with E-state index in [0.717, 1.165) is 0 Å². The van der Waals surface area contributed by atoms with Crippen molar-refractivity contribution >= 4 is 45.8 Å². The van der Waals surface area contributed by atoms with Crippen LogP contribution in [-0.2, 0) is 0 Å². The van der Waals surface area contributed by atoms with E-state index in [1.165, 1.54) is 103 Å². The molecule has 4 nitrogen and oxygen atoms in total. The third-order valence-electron chi connectivity index (χ3n) is 10.2. The van der Waals surface area contributed by atoms with E-state index in [2.05, 4.69) is 89.2 Å². The minimum absolute atomic E-state index is 1.19. The summed E-state index contributed by atoms with van der Waals surface area (Å²) in [6.07, 6.45) is 1.22. The molecule has 2 aromatic heterocycles. The SMILES string of the molecule is CC[Si](CC)(CC)c1ccc([Si](C)(CCCN2CCN(C)CC2)c2ccc([Si](CC)(CC)CC)o2)o1. The Labute approximate surface area is 224 Å². The number of nitrogens with zero attached hydrogens (tertiary/aromatic N) is 2. The number of hydrogen-bond donors (Lipinski definition) is 0. The maximum absolute atomic E-state index is 6.93. The van der Waals surface area contributed by atoms with Crippen LogP contribution < -0.4 is 21.5 Å². The Kier molecular flexibility index (Phi) is 10.5. The van der Waals surface area contributed by atoms with Crippen molar-refractivity contribution in [3.63, 3.8) is 0 Å². The zero-order chi connectivity index (χ0) is 26.4. The molecular weight excluding hydrogens is 493 g/mol. The van der Waals surface area contributed by atoms with Gasteiger partial charge in [-0.15, -0.1) is 0 Å². The van der Waals surface area contributed by atoms with Crippen LogP contribution in [0.4, 0.5) is 0 Å². The smallest absolute Gasteiger partial charge is 0.203 e. The molecule has 7 heteroatoms. The molecule has 0 unspecified atom stereocenters. The van der Waals surface area contributed by atoms with Gasteiger partial charge in [0.2, 0.25) is 8.07 Å². The number of rotatable bonds is 14. The molecule has 36 heavy (non-hydrogen) atoms. The summed E-state index contributed by atoms with van der Waals surface area (Å²) in [4.78, 5) is 5.10. The summed E-state index contributed by atoms with van der Waals surface area (Å²) in [7, 11) is -2.96. The molecule has 1 saturated heterocycles. The van der Waals surface area contributed by atoms with Crippen molar-refractivity contribution in [3.05, 3.63) is 24.3 Å². The van der Waals surface area contributed by atoms with Gasteiger partial charge in [0.25, 0.3) is 0 Å². The molecular formula is C29H54N2O2Si3. The Balaban J connectivity index is 1.93. The summed E-state index contributed by atoms with van der Waals surface area (Å²) in [6.45, 7) is 22.7. The molecule has 1 aliphatic heterocycles. The first kappa shape index (κ1) is 29.7. The Bertz CT molecular complexity index is 850. The third-order valence-corrected chi connectivity index (χ3v) is 25.0. The fourth-order valence-electron chi connectivity index (χ4n) is 6.48. The number of piperazine rings is 1. The largest absolute Gasteiger partial charge is 0.476 e. The lowest BCUT2D eigenvalue weighted by Crippen LogP contribution is -2.56. The first-order valence-electron chi connectivity index (χ1n) is 14.9. The third kappa shape index (κ3) is 5.90. The predicted octanol–water partition coefficient (Wildman–Crippen LogP) is 5.13. The highest BCUT2D eigenvalue weighted by atomic mass is 28.3. The summed E-state index contributed by atoms with van der Waals surface area (Å²) >= 11 is 0. The van der Waals surface area contributed by atoms with Crippen LogP contribution in [0.2, 0.25) is 48.9 Å². The van der Waals surface area contributed by atoms with Gasteiger partial charge < -0.3 is 18.6 Å². The minimum Gasteiger partial charge on any atom is -0.476 e. The molecule has 3 rings (SSSR count). The highest BCUT2D eigenvalue weighted by Gasteiger charge is 2.42. The molecule has 0 bridgehead atoms. The van der Waals surface area contributed by atoms with Crippen LogP contribution >= 0.6 is 0 Å². The number of hydrogen-bond acceptors (Lipinski definition) is 4. The highest BCUT2D eigenvalue weighted by molar-refractivity contribution is 7.00. The van der Waals surface area contributed by atoms with Crippen molar-refractivity contribution in [3.8, 4) is 0 Å². The summed E-state index contributed by atoms with van der Waals surface area (Å²) < 4.78 is 13.9. The molecule has 0 aromatic carbocycles. The monoisotopic (exact) mass is 546 g/mol. The Morgan fingerprint density at radius 1 is 0.639 bits per heavy atom. The van der Waals surface area contributed by atoms with Gasteiger partial charge in [-0.2, -0.15) is 0 Å². The Hall–Kier alpha value is -0.869. The van der Waals surface area contributed by atoms with E-state index in [-0.39, 0.29) is 0 Å². The maximum Gasteiger partial charge on any atom is 0.203 e. The van der Waals surface area contributed by atoms with Gasteiger partial charge in [0.05, 0.1) is 21.5 Å². The quantitative estimate of drug-likeness (QED) is 0.307. The van der Waals surface area contributed by atoms with Gasteiger partial charge >= 0.3 is 0 Å². The number of furan rings is 2. The van der Waals surface area contributed by atoms with Crippen molar-refractivity contribution in [1.82, 2.24) is 9.80 Å². The van der Waals surface area contributed by atoms with Crippen LogP contribution in [0.15, 0.2) is 33.1 Å². The van der Waals surface area contributed by atoms with Crippen molar-refractivity contribution in [2.24, 2.45) is 0 Å². The average Bonchev–Trinajstić information content (AvgIpc) is 3.60. The van der Waals surface area contributed by atoms with Crippen LogP contribution in [0.5, 0.6) is 0 Å². The molecule has 1 aliphatic rings. The second kappa shape index (κ2) is 12.8. The van der Waals surface area contributed by atoms with Crippen LogP contribution in [0.1, 0.15) is 48.0 Å². The van der Waals surface area contributed by atoms with Gasteiger partial charge in [0.1, 0.15) is 16.1 Å². The molecule has 3 heterocycles. The maximum atomic E-state index is 6.93. The van der Waals surface area contributed by atoms with Crippen LogP contribution in [0.3, 0.4) is 0 Å². The van der Waals surface area contributed by atoms with E-state index in [1.807, 2.05) is 0 Å². The van der Waals surface area contributed by atoms with Crippen LogP contribution in [0, 0.1) is 0 Å². The van der Waals surface area contributed by atoms with Crippen LogP contribution in [-0.4, -0.2) is 73.8 Å². The molecule has 0 saturated carbocycles. The molecule has 0 aliphatic carbocycles. The van der Waals surface area contributed by atoms with Gasteiger partial charge in [0, 0.05) is 26.2 Å². The topological polar surface area (TPSA) is 32.8 Å². The average molecular weight is 547 g/mol. The van der Waals surface area contributed by atoms with Crippen molar-refractivity contribution in [1.29, 1.82) is 0 Å². The number of likely N-dealkylation sites (N-methyl/N-ethyl adjacent to an activating group) is 1. The van der Waals surface area contributed by atoms with Gasteiger partial charge in [-0.3, -0.25) is 0 Å². The second-order valence-electron chi connectivity index (χ2n) is 11.6. The van der Waals surface area contributed by atoms with E-state index < -0.39 is 24.2 Å². The molecule has 0 radical (unpaired) electrons. The standard InChI is InChI=1S/C29H54N2O2Si3/c1-9-35(10-2,11-3)28-18-16-26(32-28)34(8,25-15-20-31-23-21-30(7)22-24-31)27-17-19-29(33-27)36(12-4,13-5)14-6/h16-19H,9-15,20-25H2,1-8H3. The zero-order valence-electron chi connectivity index (χ0n) is 24.7. The molecule has 204 valence electrons. The summed E-state index contributed by atoms with van der Waals surface area (Å²) in [5.74, 6) is 0. The normalized spacial score (nSPS) is 16.7. The molecule has 1 fully saturated rings.